The van der Waals surface area contributed by atoms with Gasteiger partial charge in [-0.3, -0.25) is 4.79 Å². The predicted molar refractivity (Wildman–Crippen MR) is 73.5 cm³/mol. The maximum atomic E-state index is 14.0. The van der Waals surface area contributed by atoms with Crippen LogP contribution in [0.25, 0.3) is 11.1 Å². The van der Waals surface area contributed by atoms with Gasteiger partial charge < -0.3 is 11.1 Å². The Morgan fingerprint density at radius 3 is 2.76 bits per heavy atom. The van der Waals surface area contributed by atoms with Gasteiger partial charge in [0.1, 0.15) is 17.3 Å². The molecule has 1 aliphatic heterocycles. The molecule has 0 fully saturated rings. The molecular weight excluding hydrogens is 276 g/mol. The van der Waals surface area contributed by atoms with Gasteiger partial charge in [0.25, 0.3) is 5.91 Å². The molecule has 1 aromatic heterocycles. The number of amides is 1. The molecule has 4 nitrogen and oxygen atoms in total. The average molecular weight is 289 g/mol. The molecule has 2 heterocycles. The van der Waals surface area contributed by atoms with Crippen LogP contribution in [0.1, 0.15) is 21.7 Å². The predicted octanol–water partition coefficient (Wildman–Crippen LogP) is 1.77. The Kier molecular flexibility index (Phi) is 3.39. The van der Waals surface area contributed by atoms with E-state index in [4.69, 9.17) is 5.73 Å². The Morgan fingerprint density at radius 2 is 2.05 bits per heavy atom. The first-order valence-corrected chi connectivity index (χ1v) is 6.55. The van der Waals surface area contributed by atoms with Gasteiger partial charge in [-0.1, -0.05) is 0 Å². The quantitative estimate of drug-likeness (QED) is 0.885. The Hall–Kier alpha value is -2.34. The highest BCUT2D eigenvalue weighted by Gasteiger charge is 2.20. The zero-order valence-corrected chi connectivity index (χ0v) is 11.1. The minimum absolute atomic E-state index is 0.0798. The highest BCUT2D eigenvalue weighted by atomic mass is 19.1. The molecule has 1 aromatic carbocycles. The molecule has 3 N–H and O–H groups in total. The van der Waals surface area contributed by atoms with Gasteiger partial charge in [-0.25, -0.2) is 13.8 Å². The van der Waals surface area contributed by atoms with E-state index in [1.54, 1.807) is 0 Å². The van der Waals surface area contributed by atoms with Crippen molar-refractivity contribution in [3.05, 3.63) is 52.9 Å². The second kappa shape index (κ2) is 5.21. The summed E-state index contributed by atoms with van der Waals surface area (Å²) in [6.07, 6.45) is 0.660. The molecule has 0 unspecified atom stereocenters. The minimum Gasteiger partial charge on any atom is -0.364 e. The number of pyridine rings is 1. The lowest BCUT2D eigenvalue weighted by Gasteiger charge is -2.20. The second-order valence-electron chi connectivity index (χ2n) is 4.90. The van der Waals surface area contributed by atoms with Crippen LogP contribution in [0.2, 0.25) is 0 Å². The SMILES string of the molecule is NC(=O)c1cc(-c2ccc(F)cc2F)c2c(n1)CNCC2. The van der Waals surface area contributed by atoms with Gasteiger partial charge in [0.2, 0.25) is 0 Å². The van der Waals surface area contributed by atoms with Crippen molar-refractivity contribution in [2.24, 2.45) is 5.73 Å². The lowest BCUT2D eigenvalue weighted by molar-refractivity contribution is 0.0995. The van der Waals surface area contributed by atoms with Gasteiger partial charge in [-0.05, 0) is 42.3 Å². The Balaban J connectivity index is 2.24. The summed E-state index contributed by atoms with van der Waals surface area (Å²) in [5, 5.41) is 3.14. The van der Waals surface area contributed by atoms with Crippen LogP contribution in [0.5, 0.6) is 0 Å². The third-order valence-electron chi connectivity index (χ3n) is 3.53. The molecule has 0 radical (unpaired) electrons. The number of rotatable bonds is 2. The highest BCUT2D eigenvalue weighted by molar-refractivity contribution is 5.92. The van der Waals surface area contributed by atoms with Crippen molar-refractivity contribution in [3.63, 3.8) is 0 Å². The van der Waals surface area contributed by atoms with E-state index in [0.717, 1.165) is 18.2 Å². The summed E-state index contributed by atoms with van der Waals surface area (Å²) >= 11 is 0. The molecule has 108 valence electrons. The smallest absolute Gasteiger partial charge is 0.267 e. The Morgan fingerprint density at radius 1 is 1.24 bits per heavy atom. The maximum Gasteiger partial charge on any atom is 0.267 e. The molecule has 0 bridgehead atoms. The molecular formula is C15H13F2N3O. The largest absolute Gasteiger partial charge is 0.364 e. The van der Waals surface area contributed by atoms with Gasteiger partial charge in [0.15, 0.2) is 0 Å². The first-order chi connectivity index (χ1) is 10.1. The molecule has 0 atom stereocenters. The van der Waals surface area contributed by atoms with Gasteiger partial charge in [-0.15, -0.1) is 0 Å². The fourth-order valence-corrected chi connectivity index (χ4v) is 2.54. The summed E-state index contributed by atoms with van der Waals surface area (Å²) in [5.41, 5.74) is 7.70. The topological polar surface area (TPSA) is 68.0 Å². The zero-order valence-electron chi connectivity index (χ0n) is 11.1. The van der Waals surface area contributed by atoms with Crippen LogP contribution < -0.4 is 11.1 Å². The zero-order chi connectivity index (χ0) is 15.0. The number of nitrogens with zero attached hydrogens (tertiary/aromatic N) is 1. The van der Waals surface area contributed by atoms with Crippen LogP contribution in [0.3, 0.4) is 0 Å². The van der Waals surface area contributed by atoms with Crippen LogP contribution in [0.4, 0.5) is 8.78 Å². The molecule has 3 rings (SSSR count). The molecule has 21 heavy (non-hydrogen) atoms. The fraction of sp³-hybridized carbons (Fsp3) is 0.200. The van der Waals surface area contributed by atoms with E-state index in [0.29, 0.717) is 24.2 Å². The number of aromatic nitrogens is 1. The van der Waals surface area contributed by atoms with E-state index in [2.05, 4.69) is 10.3 Å². The number of halogens is 2. The lowest BCUT2D eigenvalue weighted by atomic mass is 9.93. The van der Waals surface area contributed by atoms with E-state index < -0.39 is 17.5 Å². The van der Waals surface area contributed by atoms with E-state index in [1.165, 1.54) is 18.2 Å². The van der Waals surface area contributed by atoms with Crippen molar-refractivity contribution in [1.82, 2.24) is 10.3 Å². The lowest BCUT2D eigenvalue weighted by Crippen LogP contribution is -2.27. The summed E-state index contributed by atoms with van der Waals surface area (Å²) in [4.78, 5) is 15.6. The van der Waals surface area contributed by atoms with E-state index in [9.17, 15) is 13.6 Å². The minimum atomic E-state index is -0.674. The highest BCUT2D eigenvalue weighted by Crippen LogP contribution is 2.30. The molecule has 0 spiro atoms. The van der Waals surface area contributed by atoms with Crippen LogP contribution in [0.15, 0.2) is 24.3 Å². The summed E-state index contributed by atoms with van der Waals surface area (Å²) in [5.74, 6) is -1.99. The summed E-state index contributed by atoms with van der Waals surface area (Å²) in [6.45, 7) is 1.23. The normalized spacial score (nSPS) is 13.8. The molecule has 6 heteroatoms. The van der Waals surface area contributed by atoms with Crippen molar-refractivity contribution >= 4 is 5.91 Å². The van der Waals surface area contributed by atoms with Crippen molar-refractivity contribution < 1.29 is 13.6 Å². The molecule has 1 amide bonds. The number of fused-ring (bicyclic) bond motifs is 1. The van der Waals surface area contributed by atoms with Crippen LogP contribution in [-0.4, -0.2) is 17.4 Å². The number of hydrogen-bond acceptors (Lipinski definition) is 3. The van der Waals surface area contributed by atoms with Crippen molar-refractivity contribution in [3.8, 4) is 11.1 Å². The average Bonchev–Trinajstić information content (AvgIpc) is 2.46. The monoisotopic (exact) mass is 289 g/mol. The van der Waals surface area contributed by atoms with Crippen molar-refractivity contribution in [1.29, 1.82) is 0 Å². The van der Waals surface area contributed by atoms with Gasteiger partial charge >= 0.3 is 0 Å². The first kappa shape index (κ1) is 13.6. The number of benzene rings is 1. The third kappa shape index (κ3) is 2.50. The summed E-state index contributed by atoms with van der Waals surface area (Å²) in [7, 11) is 0. The Bertz CT molecular complexity index is 731. The third-order valence-corrected chi connectivity index (χ3v) is 3.53. The number of nitrogens with two attached hydrogens (primary N) is 1. The van der Waals surface area contributed by atoms with Gasteiger partial charge in [0.05, 0.1) is 5.69 Å². The summed E-state index contributed by atoms with van der Waals surface area (Å²) < 4.78 is 27.1. The number of carbonyl (C=O) groups is 1. The molecule has 1 aliphatic rings. The number of hydrogen-bond donors (Lipinski definition) is 2. The fourth-order valence-electron chi connectivity index (χ4n) is 2.54. The standard InChI is InChI=1S/C15H13F2N3O/c16-8-1-2-9(12(17)5-8)11-6-13(15(18)21)20-14-7-19-4-3-10(11)14/h1-2,5-6,19H,3-4,7H2,(H2,18,21). The summed E-state index contributed by atoms with van der Waals surface area (Å²) in [6, 6.07) is 4.86. The molecule has 0 saturated carbocycles. The van der Waals surface area contributed by atoms with Gasteiger partial charge in [-0.2, -0.15) is 0 Å². The van der Waals surface area contributed by atoms with Gasteiger partial charge in [0, 0.05) is 18.2 Å². The number of carbonyl (C=O) groups excluding carboxylic acids is 1. The number of nitrogens with one attached hydrogen (secondary N) is 1. The van der Waals surface area contributed by atoms with E-state index >= 15 is 0 Å². The van der Waals surface area contributed by atoms with E-state index in [1.807, 2.05) is 0 Å². The van der Waals surface area contributed by atoms with E-state index in [-0.39, 0.29) is 11.3 Å². The van der Waals surface area contributed by atoms with Crippen molar-refractivity contribution in [2.45, 2.75) is 13.0 Å². The molecule has 0 aliphatic carbocycles. The second-order valence-corrected chi connectivity index (χ2v) is 4.90. The Labute approximate surface area is 120 Å². The molecule has 0 saturated heterocycles. The van der Waals surface area contributed by atoms with Crippen LogP contribution >= 0.6 is 0 Å². The van der Waals surface area contributed by atoms with Crippen molar-refractivity contribution in [2.75, 3.05) is 6.54 Å². The molecule has 2 aromatic rings. The maximum absolute atomic E-state index is 14.0. The number of primary amides is 1. The van der Waals surface area contributed by atoms with Crippen LogP contribution in [-0.2, 0) is 13.0 Å². The van der Waals surface area contributed by atoms with Crippen LogP contribution in [0, 0.1) is 11.6 Å². The first-order valence-electron chi connectivity index (χ1n) is 6.55.